The smallest absolute Gasteiger partial charge is 0.449 e. The number of carbonyl (C=O) groups excluding carboxylic acids is 1. The molecule has 1 saturated heterocycles. The molecule has 1 aliphatic rings. The molecule has 0 aromatic rings. The van der Waals surface area contributed by atoms with E-state index in [0.717, 1.165) is 12.0 Å². The Morgan fingerprint density at radius 1 is 1.82 bits per heavy atom. The van der Waals surface area contributed by atoms with Crippen molar-refractivity contribution in [3.8, 4) is 0 Å². The molecule has 0 aliphatic carbocycles. The fourth-order valence-corrected chi connectivity index (χ4v) is 1.35. The number of carboxylic acid groups (broad SMARTS) is 1. The zero-order valence-corrected chi connectivity index (χ0v) is 6.39. The lowest BCUT2D eigenvalue weighted by Gasteiger charge is -2.04. The number of carbonyl (C=O) groups is 2. The van der Waals surface area contributed by atoms with Crippen molar-refractivity contribution in [1.82, 2.24) is 5.32 Å². The fraction of sp³-hybridized carbons (Fsp3) is 0.600. The summed E-state index contributed by atoms with van der Waals surface area (Å²) in [7, 11) is 0. The van der Waals surface area contributed by atoms with E-state index in [0.29, 0.717) is 12.8 Å². The van der Waals surface area contributed by atoms with Gasteiger partial charge in [0.25, 0.3) is 0 Å². The molecular formula is C5H7NO4S. The van der Waals surface area contributed by atoms with Crippen LogP contribution in [0.4, 0.5) is 4.79 Å². The summed E-state index contributed by atoms with van der Waals surface area (Å²) in [4.78, 5) is 20.5. The Hall–Kier alpha value is -0.910. The van der Waals surface area contributed by atoms with Crippen LogP contribution in [0, 0.1) is 0 Å². The van der Waals surface area contributed by atoms with Gasteiger partial charge < -0.3 is 14.6 Å². The van der Waals surface area contributed by atoms with E-state index in [-0.39, 0.29) is 11.3 Å². The van der Waals surface area contributed by atoms with Gasteiger partial charge in [-0.3, -0.25) is 4.79 Å². The van der Waals surface area contributed by atoms with Crippen LogP contribution in [-0.4, -0.2) is 22.5 Å². The Bertz CT molecular complexity index is 183. The summed E-state index contributed by atoms with van der Waals surface area (Å²) in [6.45, 7) is 0. The predicted octanol–water partition coefficient (Wildman–Crippen LogP) is 0.565. The van der Waals surface area contributed by atoms with Crippen LogP contribution >= 0.6 is 12.0 Å². The third-order valence-electron chi connectivity index (χ3n) is 1.19. The van der Waals surface area contributed by atoms with Crippen molar-refractivity contribution >= 4 is 24.1 Å². The van der Waals surface area contributed by atoms with E-state index in [1.165, 1.54) is 0 Å². The molecular weight excluding hydrogens is 170 g/mol. The van der Waals surface area contributed by atoms with Crippen molar-refractivity contribution < 1.29 is 18.9 Å². The van der Waals surface area contributed by atoms with Gasteiger partial charge in [-0.15, -0.1) is 0 Å². The summed E-state index contributed by atoms with van der Waals surface area (Å²) in [5.74, 6) is -0.0588. The van der Waals surface area contributed by atoms with Crippen molar-refractivity contribution in [2.75, 3.05) is 0 Å². The first-order chi connectivity index (χ1) is 5.18. The van der Waals surface area contributed by atoms with Crippen LogP contribution in [0.25, 0.3) is 0 Å². The van der Waals surface area contributed by atoms with Crippen LogP contribution in [0.5, 0.6) is 0 Å². The summed E-state index contributed by atoms with van der Waals surface area (Å²) in [5.41, 5.74) is 0. The monoisotopic (exact) mass is 177 g/mol. The van der Waals surface area contributed by atoms with E-state index >= 15 is 0 Å². The van der Waals surface area contributed by atoms with Gasteiger partial charge in [0.1, 0.15) is 5.37 Å². The maximum Gasteiger partial charge on any atom is 0.518 e. The molecule has 0 saturated carbocycles. The number of amides is 1. The molecule has 5 nitrogen and oxygen atoms in total. The molecule has 62 valence electrons. The van der Waals surface area contributed by atoms with Gasteiger partial charge in [0.2, 0.25) is 5.91 Å². The van der Waals surface area contributed by atoms with Gasteiger partial charge in [-0.05, 0) is 6.42 Å². The Morgan fingerprint density at radius 3 is 3.00 bits per heavy atom. The largest absolute Gasteiger partial charge is 0.518 e. The number of rotatable bonds is 2. The number of hydrogen-bond donors (Lipinski definition) is 2. The second kappa shape index (κ2) is 3.47. The average molecular weight is 177 g/mol. The lowest BCUT2D eigenvalue weighted by atomic mass is 10.4. The zero-order valence-electron chi connectivity index (χ0n) is 5.57. The summed E-state index contributed by atoms with van der Waals surface area (Å²) in [6, 6.07) is 0. The quantitative estimate of drug-likeness (QED) is 0.603. The first-order valence-electron chi connectivity index (χ1n) is 3.04. The van der Waals surface area contributed by atoms with E-state index < -0.39 is 6.16 Å². The average Bonchev–Trinajstić information content (AvgIpc) is 2.31. The molecule has 0 spiro atoms. The molecule has 0 radical (unpaired) electrons. The summed E-state index contributed by atoms with van der Waals surface area (Å²) >= 11 is 0.764. The molecule has 11 heavy (non-hydrogen) atoms. The standard InChI is InChI=1S/C5H7NO4S/c7-3-1-2-4(6-3)11-10-5(8)9/h4H,1-2H2,(H,6,7)(H,8,9)/t4-/m0/s1. The molecule has 1 aliphatic heterocycles. The van der Waals surface area contributed by atoms with Gasteiger partial charge in [-0.25, -0.2) is 4.79 Å². The molecule has 2 N–H and O–H groups in total. The van der Waals surface area contributed by atoms with Gasteiger partial charge in [-0.2, -0.15) is 0 Å². The minimum Gasteiger partial charge on any atom is -0.449 e. The molecule has 0 bridgehead atoms. The summed E-state index contributed by atoms with van der Waals surface area (Å²) < 4.78 is 4.19. The molecule has 0 aromatic carbocycles. The maximum atomic E-state index is 10.6. The zero-order chi connectivity index (χ0) is 8.27. The highest BCUT2D eigenvalue weighted by Crippen LogP contribution is 2.19. The minimum atomic E-state index is -1.34. The van der Waals surface area contributed by atoms with E-state index in [9.17, 15) is 9.59 Å². The topological polar surface area (TPSA) is 75.6 Å². The number of nitrogens with one attached hydrogen (secondary N) is 1. The normalized spacial score (nSPS) is 22.9. The molecule has 1 atom stereocenters. The van der Waals surface area contributed by atoms with Crippen LogP contribution in [0.15, 0.2) is 0 Å². The van der Waals surface area contributed by atoms with Gasteiger partial charge in [0.05, 0.1) is 12.0 Å². The SMILES string of the molecule is O=C1CC[C@H](SOC(=O)O)N1. The van der Waals surface area contributed by atoms with Crippen molar-refractivity contribution in [2.24, 2.45) is 0 Å². The van der Waals surface area contributed by atoms with Crippen LogP contribution in [0.1, 0.15) is 12.8 Å². The summed E-state index contributed by atoms with van der Waals surface area (Å²) in [6.07, 6.45) is -0.270. The first-order valence-corrected chi connectivity index (χ1v) is 3.84. The van der Waals surface area contributed by atoms with Gasteiger partial charge >= 0.3 is 6.16 Å². The molecule has 1 heterocycles. The van der Waals surface area contributed by atoms with E-state index in [1.807, 2.05) is 0 Å². The van der Waals surface area contributed by atoms with Crippen molar-refractivity contribution in [2.45, 2.75) is 18.2 Å². The maximum absolute atomic E-state index is 10.6. The third kappa shape index (κ3) is 2.67. The molecule has 6 heteroatoms. The Kier molecular flexibility index (Phi) is 2.58. The molecule has 1 fully saturated rings. The Labute approximate surface area is 67.3 Å². The van der Waals surface area contributed by atoms with Gasteiger partial charge in [0.15, 0.2) is 0 Å². The third-order valence-corrected chi connectivity index (χ3v) is 2.02. The van der Waals surface area contributed by atoms with Crippen LogP contribution < -0.4 is 5.32 Å². The highest BCUT2D eigenvalue weighted by molar-refractivity contribution is 7.95. The Morgan fingerprint density at radius 2 is 2.55 bits per heavy atom. The first kappa shape index (κ1) is 8.19. The van der Waals surface area contributed by atoms with Gasteiger partial charge in [0, 0.05) is 6.42 Å². The van der Waals surface area contributed by atoms with Crippen molar-refractivity contribution in [3.63, 3.8) is 0 Å². The fourth-order valence-electron chi connectivity index (χ4n) is 0.757. The second-order valence-electron chi connectivity index (χ2n) is 2.04. The predicted molar refractivity (Wildman–Crippen MR) is 37.9 cm³/mol. The lowest BCUT2D eigenvalue weighted by Crippen LogP contribution is -2.22. The molecule has 1 amide bonds. The van der Waals surface area contributed by atoms with E-state index in [1.54, 1.807) is 0 Å². The Balaban J connectivity index is 2.18. The lowest BCUT2D eigenvalue weighted by molar-refractivity contribution is -0.119. The second-order valence-corrected chi connectivity index (χ2v) is 2.97. The molecule has 0 unspecified atom stereocenters. The van der Waals surface area contributed by atoms with Crippen LogP contribution in [-0.2, 0) is 8.98 Å². The van der Waals surface area contributed by atoms with Gasteiger partial charge in [-0.1, -0.05) is 0 Å². The molecule has 0 aromatic heterocycles. The molecule has 1 rings (SSSR count). The highest BCUT2D eigenvalue weighted by atomic mass is 32.2. The van der Waals surface area contributed by atoms with E-state index in [2.05, 4.69) is 9.50 Å². The number of hydrogen-bond acceptors (Lipinski definition) is 4. The highest BCUT2D eigenvalue weighted by Gasteiger charge is 2.23. The van der Waals surface area contributed by atoms with Crippen LogP contribution in [0.2, 0.25) is 0 Å². The van der Waals surface area contributed by atoms with E-state index in [4.69, 9.17) is 5.11 Å². The van der Waals surface area contributed by atoms with Crippen LogP contribution in [0.3, 0.4) is 0 Å². The van der Waals surface area contributed by atoms with Crippen molar-refractivity contribution in [3.05, 3.63) is 0 Å². The summed E-state index contributed by atoms with van der Waals surface area (Å²) in [5, 5.41) is 10.4. The minimum absolute atomic E-state index is 0.0588. The van der Waals surface area contributed by atoms with Crippen molar-refractivity contribution in [1.29, 1.82) is 0 Å².